The van der Waals surface area contributed by atoms with Crippen LogP contribution in [-0.4, -0.2) is 53.7 Å². The van der Waals surface area contributed by atoms with Gasteiger partial charge in [-0.15, -0.1) is 0 Å². The first-order valence-corrected chi connectivity index (χ1v) is 7.31. The molecular weight excluding hydrogens is 254 g/mol. The van der Waals surface area contributed by atoms with Crippen molar-refractivity contribution in [1.82, 2.24) is 9.88 Å². The van der Waals surface area contributed by atoms with Gasteiger partial charge < -0.3 is 10.0 Å². The summed E-state index contributed by atoms with van der Waals surface area (Å²) in [5, 5.41) is 9.38. The van der Waals surface area contributed by atoms with Crippen molar-refractivity contribution in [2.45, 2.75) is 19.8 Å². The molecule has 1 aromatic heterocycles. The molecule has 0 spiro atoms. The molecule has 3 rings (SSSR count). The highest BCUT2D eigenvalue weighted by atomic mass is 16.4. The zero-order chi connectivity index (χ0) is 14.1. The first kappa shape index (κ1) is 13.4. The summed E-state index contributed by atoms with van der Waals surface area (Å²) in [4.78, 5) is 20.3. The molecule has 2 fully saturated rings. The third-order valence-electron chi connectivity index (χ3n) is 4.24. The van der Waals surface area contributed by atoms with Crippen LogP contribution in [0, 0.1) is 12.8 Å². The lowest BCUT2D eigenvalue weighted by molar-refractivity contribution is 0.0696. The standard InChI is InChI=1S/C15H21N3O2/c1-11-4-5-16-14(13(11)15(19)20)18-8-6-17(7-9-18)10-12-2-3-12/h4-5,12H,2-3,6-10H2,1H3,(H,19,20). The largest absolute Gasteiger partial charge is 0.478 e. The number of aromatic nitrogens is 1. The quantitative estimate of drug-likeness (QED) is 0.905. The minimum atomic E-state index is -0.883. The second-order valence-electron chi connectivity index (χ2n) is 5.86. The lowest BCUT2D eigenvalue weighted by atomic mass is 10.1. The van der Waals surface area contributed by atoms with E-state index >= 15 is 0 Å². The Morgan fingerprint density at radius 1 is 1.35 bits per heavy atom. The lowest BCUT2D eigenvalue weighted by Gasteiger charge is -2.36. The molecule has 0 unspecified atom stereocenters. The summed E-state index contributed by atoms with van der Waals surface area (Å²) in [6.45, 7) is 6.78. The molecule has 1 aliphatic carbocycles. The summed E-state index contributed by atoms with van der Waals surface area (Å²) in [5.41, 5.74) is 1.13. The van der Waals surface area contributed by atoms with Crippen LogP contribution in [0.2, 0.25) is 0 Å². The molecule has 5 heteroatoms. The van der Waals surface area contributed by atoms with Crippen LogP contribution in [0.4, 0.5) is 5.82 Å². The Balaban J connectivity index is 1.71. The third kappa shape index (κ3) is 2.77. The molecule has 1 saturated carbocycles. The SMILES string of the molecule is Cc1ccnc(N2CCN(CC3CC3)CC2)c1C(=O)O. The number of hydrogen-bond acceptors (Lipinski definition) is 4. The molecule has 108 valence electrons. The fourth-order valence-electron chi connectivity index (χ4n) is 2.86. The minimum absolute atomic E-state index is 0.350. The maximum Gasteiger partial charge on any atom is 0.339 e. The fourth-order valence-corrected chi connectivity index (χ4v) is 2.86. The Hall–Kier alpha value is -1.62. The molecule has 1 aliphatic heterocycles. The summed E-state index contributed by atoms with van der Waals surface area (Å²) in [7, 11) is 0. The molecule has 0 aromatic carbocycles. The van der Waals surface area contributed by atoms with Gasteiger partial charge in [-0.1, -0.05) is 0 Å². The summed E-state index contributed by atoms with van der Waals surface area (Å²) >= 11 is 0. The van der Waals surface area contributed by atoms with E-state index in [4.69, 9.17) is 0 Å². The van der Waals surface area contributed by atoms with E-state index in [1.54, 1.807) is 12.3 Å². The van der Waals surface area contributed by atoms with Crippen LogP contribution in [0.25, 0.3) is 0 Å². The van der Waals surface area contributed by atoms with E-state index in [1.165, 1.54) is 19.4 Å². The van der Waals surface area contributed by atoms with Crippen molar-refractivity contribution in [3.63, 3.8) is 0 Å². The van der Waals surface area contributed by atoms with Crippen LogP contribution in [0.15, 0.2) is 12.3 Å². The van der Waals surface area contributed by atoms with Gasteiger partial charge in [0.2, 0.25) is 0 Å². The molecule has 1 aromatic rings. The van der Waals surface area contributed by atoms with Crippen LogP contribution in [-0.2, 0) is 0 Å². The maximum absolute atomic E-state index is 11.4. The van der Waals surface area contributed by atoms with E-state index in [1.807, 2.05) is 6.92 Å². The Kier molecular flexibility index (Phi) is 3.61. The molecule has 1 N–H and O–H groups in total. The number of pyridine rings is 1. The minimum Gasteiger partial charge on any atom is -0.478 e. The van der Waals surface area contributed by atoms with Crippen molar-refractivity contribution in [2.24, 2.45) is 5.92 Å². The van der Waals surface area contributed by atoms with Gasteiger partial charge in [-0.2, -0.15) is 0 Å². The number of nitrogens with zero attached hydrogens (tertiary/aromatic N) is 3. The number of aryl methyl sites for hydroxylation is 1. The number of carbonyl (C=O) groups is 1. The van der Waals surface area contributed by atoms with Gasteiger partial charge in [0.25, 0.3) is 0 Å². The van der Waals surface area contributed by atoms with Gasteiger partial charge in [-0.05, 0) is 37.3 Å². The Morgan fingerprint density at radius 2 is 2.05 bits per heavy atom. The molecular formula is C15H21N3O2. The molecule has 1 saturated heterocycles. The van der Waals surface area contributed by atoms with Crippen LogP contribution in [0.1, 0.15) is 28.8 Å². The zero-order valence-electron chi connectivity index (χ0n) is 11.9. The van der Waals surface area contributed by atoms with Crippen LogP contribution in [0.5, 0.6) is 0 Å². The first-order valence-electron chi connectivity index (χ1n) is 7.31. The Morgan fingerprint density at radius 3 is 2.65 bits per heavy atom. The normalized spacial score (nSPS) is 20.1. The van der Waals surface area contributed by atoms with Crippen molar-refractivity contribution in [3.8, 4) is 0 Å². The summed E-state index contributed by atoms with van der Waals surface area (Å²) < 4.78 is 0. The van der Waals surface area contributed by atoms with E-state index in [-0.39, 0.29) is 0 Å². The monoisotopic (exact) mass is 275 g/mol. The topological polar surface area (TPSA) is 56.7 Å². The van der Waals surface area contributed by atoms with Gasteiger partial charge in [0.05, 0.1) is 0 Å². The summed E-state index contributed by atoms with van der Waals surface area (Å²) in [5.74, 6) is 0.655. The lowest BCUT2D eigenvalue weighted by Crippen LogP contribution is -2.47. The van der Waals surface area contributed by atoms with Crippen molar-refractivity contribution in [2.75, 3.05) is 37.6 Å². The molecule has 2 aliphatic rings. The van der Waals surface area contributed by atoms with Crippen molar-refractivity contribution >= 4 is 11.8 Å². The smallest absolute Gasteiger partial charge is 0.339 e. The van der Waals surface area contributed by atoms with E-state index in [2.05, 4.69) is 14.8 Å². The number of anilines is 1. The van der Waals surface area contributed by atoms with Gasteiger partial charge in [0.15, 0.2) is 0 Å². The third-order valence-corrected chi connectivity index (χ3v) is 4.24. The fraction of sp³-hybridized carbons (Fsp3) is 0.600. The zero-order valence-corrected chi connectivity index (χ0v) is 11.9. The van der Waals surface area contributed by atoms with Crippen LogP contribution in [0.3, 0.4) is 0 Å². The number of aromatic carboxylic acids is 1. The first-order chi connectivity index (χ1) is 9.65. The molecule has 0 amide bonds. The second-order valence-corrected chi connectivity index (χ2v) is 5.86. The van der Waals surface area contributed by atoms with E-state index in [0.29, 0.717) is 11.4 Å². The molecule has 5 nitrogen and oxygen atoms in total. The predicted octanol–water partition coefficient (Wildman–Crippen LogP) is 1.62. The average Bonchev–Trinajstić information content (AvgIpc) is 3.23. The Bertz CT molecular complexity index is 506. The van der Waals surface area contributed by atoms with Crippen LogP contribution >= 0.6 is 0 Å². The average molecular weight is 275 g/mol. The number of rotatable bonds is 4. The van der Waals surface area contributed by atoms with E-state index in [9.17, 15) is 9.90 Å². The van der Waals surface area contributed by atoms with Gasteiger partial charge in [0.1, 0.15) is 11.4 Å². The van der Waals surface area contributed by atoms with Gasteiger partial charge in [-0.25, -0.2) is 9.78 Å². The molecule has 20 heavy (non-hydrogen) atoms. The highest BCUT2D eigenvalue weighted by Crippen LogP contribution is 2.30. The van der Waals surface area contributed by atoms with E-state index in [0.717, 1.165) is 37.7 Å². The van der Waals surface area contributed by atoms with E-state index < -0.39 is 5.97 Å². The number of carboxylic acids is 1. The van der Waals surface area contributed by atoms with Crippen molar-refractivity contribution < 1.29 is 9.90 Å². The second kappa shape index (κ2) is 5.40. The van der Waals surface area contributed by atoms with Gasteiger partial charge >= 0.3 is 5.97 Å². The summed E-state index contributed by atoms with van der Waals surface area (Å²) in [6, 6.07) is 1.76. The highest BCUT2D eigenvalue weighted by Gasteiger charge is 2.28. The van der Waals surface area contributed by atoms with Crippen molar-refractivity contribution in [1.29, 1.82) is 0 Å². The number of carboxylic acid groups (broad SMARTS) is 1. The Labute approximate surface area is 119 Å². The van der Waals surface area contributed by atoms with Gasteiger partial charge in [0, 0.05) is 38.9 Å². The molecule has 0 atom stereocenters. The number of piperazine rings is 1. The van der Waals surface area contributed by atoms with Crippen LogP contribution < -0.4 is 4.90 Å². The molecule has 0 bridgehead atoms. The molecule has 2 heterocycles. The number of hydrogen-bond donors (Lipinski definition) is 1. The van der Waals surface area contributed by atoms with Gasteiger partial charge in [-0.3, -0.25) is 4.90 Å². The van der Waals surface area contributed by atoms with Crippen molar-refractivity contribution in [3.05, 3.63) is 23.4 Å². The predicted molar refractivity (Wildman–Crippen MR) is 77.3 cm³/mol. The summed E-state index contributed by atoms with van der Waals surface area (Å²) in [6.07, 6.45) is 4.46. The maximum atomic E-state index is 11.4. The molecule has 0 radical (unpaired) electrons. The highest BCUT2D eigenvalue weighted by molar-refractivity contribution is 5.95.